The Morgan fingerprint density at radius 3 is 2.45 bits per heavy atom. The summed E-state index contributed by atoms with van der Waals surface area (Å²) in [5.74, 6) is 0.296. The Kier molecular flexibility index (Phi) is 2.66. The molecule has 0 saturated carbocycles. The molecule has 0 unspecified atom stereocenters. The van der Waals surface area contributed by atoms with Crippen molar-refractivity contribution in [1.82, 2.24) is 0 Å². The molecule has 1 fully saturated rings. The first-order valence-corrected chi connectivity index (χ1v) is 4.26. The number of Topliss-reactive ketones (excluding diaryl/α,β-unsaturated/α-hetero) is 1. The van der Waals surface area contributed by atoms with Gasteiger partial charge in [0, 0.05) is 11.8 Å². The van der Waals surface area contributed by atoms with Crippen molar-refractivity contribution in [3.8, 4) is 0 Å². The van der Waals surface area contributed by atoms with Gasteiger partial charge in [0.25, 0.3) is 0 Å². The van der Waals surface area contributed by atoms with Crippen LogP contribution in [0.2, 0.25) is 0 Å². The van der Waals surface area contributed by atoms with Crippen LogP contribution in [0.5, 0.6) is 0 Å². The minimum absolute atomic E-state index is 0.296. The topological polar surface area (TPSA) is 26.3 Å². The van der Waals surface area contributed by atoms with Crippen molar-refractivity contribution < 1.29 is 9.53 Å². The van der Waals surface area contributed by atoms with E-state index in [2.05, 4.69) is 6.92 Å². The van der Waals surface area contributed by atoms with E-state index in [0.29, 0.717) is 11.2 Å². The van der Waals surface area contributed by atoms with Gasteiger partial charge in [-0.1, -0.05) is 6.92 Å². The molecule has 0 aliphatic carbocycles. The lowest BCUT2D eigenvalue weighted by molar-refractivity contribution is -0.129. The predicted molar refractivity (Wildman–Crippen MR) is 43.5 cm³/mol. The highest BCUT2D eigenvalue weighted by molar-refractivity contribution is 5.75. The Balaban J connectivity index is 2.27. The van der Waals surface area contributed by atoms with Crippen LogP contribution in [0.15, 0.2) is 0 Å². The maximum Gasteiger partial charge on any atom is 0.129 e. The molecule has 1 aliphatic rings. The summed E-state index contributed by atoms with van der Waals surface area (Å²) in [5, 5.41) is 0. The molecule has 0 aromatic carbocycles. The minimum atomic E-state index is 0.296. The van der Waals surface area contributed by atoms with Crippen molar-refractivity contribution in [3.63, 3.8) is 0 Å². The molecule has 0 radical (unpaired) electrons. The molecule has 0 bridgehead atoms. The van der Waals surface area contributed by atoms with Crippen LogP contribution in [-0.4, -0.2) is 19.0 Å². The Morgan fingerprint density at radius 1 is 1.55 bits per heavy atom. The maximum atomic E-state index is 10.7. The van der Waals surface area contributed by atoms with Gasteiger partial charge in [-0.05, 0) is 19.8 Å². The van der Waals surface area contributed by atoms with E-state index in [1.54, 1.807) is 6.92 Å². The van der Waals surface area contributed by atoms with Crippen LogP contribution in [0, 0.1) is 5.41 Å². The van der Waals surface area contributed by atoms with Gasteiger partial charge >= 0.3 is 0 Å². The highest BCUT2D eigenvalue weighted by atomic mass is 16.5. The first-order valence-electron chi connectivity index (χ1n) is 4.26. The molecular formula is C9H16O2. The maximum absolute atomic E-state index is 10.7. The molecule has 0 amide bonds. The van der Waals surface area contributed by atoms with Gasteiger partial charge in [-0.15, -0.1) is 0 Å². The van der Waals surface area contributed by atoms with Gasteiger partial charge in [0.05, 0.1) is 13.2 Å². The van der Waals surface area contributed by atoms with Gasteiger partial charge in [-0.2, -0.15) is 0 Å². The van der Waals surface area contributed by atoms with Gasteiger partial charge < -0.3 is 9.53 Å². The largest absolute Gasteiger partial charge is 0.380 e. The molecule has 0 spiro atoms. The number of ketones is 1. The summed E-state index contributed by atoms with van der Waals surface area (Å²) in [6, 6.07) is 0. The average Bonchev–Trinajstić information content (AvgIpc) is 1.86. The second-order valence-corrected chi connectivity index (χ2v) is 3.55. The van der Waals surface area contributed by atoms with Crippen molar-refractivity contribution in [3.05, 3.63) is 0 Å². The molecule has 1 heterocycles. The van der Waals surface area contributed by atoms with Gasteiger partial charge in [0.15, 0.2) is 0 Å². The van der Waals surface area contributed by atoms with Crippen molar-refractivity contribution in [1.29, 1.82) is 0 Å². The second kappa shape index (κ2) is 3.35. The SMILES string of the molecule is CCC1(CCC(C)=O)COC1. The summed E-state index contributed by atoms with van der Waals surface area (Å²) in [6.45, 7) is 5.54. The molecule has 64 valence electrons. The third-order valence-electron chi connectivity index (χ3n) is 2.57. The fourth-order valence-corrected chi connectivity index (χ4v) is 1.36. The summed E-state index contributed by atoms with van der Waals surface area (Å²) in [7, 11) is 0. The van der Waals surface area contributed by atoms with E-state index in [1.165, 1.54) is 0 Å². The molecule has 1 rings (SSSR count). The Morgan fingerprint density at radius 2 is 2.18 bits per heavy atom. The van der Waals surface area contributed by atoms with Crippen molar-refractivity contribution in [2.45, 2.75) is 33.1 Å². The zero-order chi connectivity index (χ0) is 8.32. The number of ether oxygens (including phenoxy) is 1. The van der Waals surface area contributed by atoms with Crippen LogP contribution in [0.3, 0.4) is 0 Å². The van der Waals surface area contributed by atoms with E-state index in [1.807, 2.05) is 0 Å². The standard InChI is InChI=1S/C9H16O2/c1-3-9(6-11-7-9)5-4-8(2)10/h3-7H2,1-2H3. The number of carbonyl (C=O) groups excluding carboxylic acids is 1. The number of hydrogen-bond acceptors (Lipinski definition) is 2. The zero-order valence-electron chi connectivity index (χ0n) is 7.35. The average molecular weight is 156 g/mol. The van der Waals surface area contributed by atoms with E-state index in [0.717, 1.165) is 32.5 Å². The predicted octanol–water partition coefficient (Wildman–Crippen LogP) is 1.78. The van der Waals surface area contributed by atoms with Crippen LogP contribution >= 0.6 is 0 Å². The molecule has 1 saturated heterocycles. The lowest BCUT2D eigenvalue weighted by Crippen LogP contribution is -2.42. The third-order valence-corrected chi connectivity index (χ3v) is 2.57. The molecule has 0 atom stereocenters. The molecular weight excluding hydrogens is 140 g/mol. The number of rotatable bonds is 4. The highest BCUT2D eigenvalue weighted by Crippen LogP contribution is 2.35. The van der Waals surface area contributed by atoms with Crippen LogP contribution in [0.4, 0.5) is 0 Å². The fraction of sp³-hybridized carbons (Fsp3) is 0.889. The Labute approximate surface area is 67.9 Å². The highest BCUT2D eigenvalue weighted by Gasteiger charge is 2.36. The van der Waals surface area contributed by atoms with Crippen molar-refractivity contribution in [2.24, 2.45) is 5.41 Å². The van der Waals surface area contributed by atoms with Crippen LogP contribution in [-0.2, 0) is 9.53 Å². The van der Waals surface area contributed by atoms with Gasteiger partial charge in [0.1, 0.15) is 5.78 Å². The number of hydrogen-bond donors (Lipinski definition) is 0. The lowest BCUT2D eigenvalue weighted by Gasteiger charge is -2.40. The molecule has 2 heteroatoms. The zero-order valence-corrected chi connectivity index (χ0v) is 7.35. The summed E-state index contributed by atoms with van der Waals surface area (Å²) in [6.07, 6.45) is 2.87. The first-order chi connectivity index (χ1) is 5.18. The summed E-state index contributed by atoms with van der Waals surface area (Å²) < 4.78 is 5.15. The van der Waals surface area contributed by atoms with Gasteiger partial charge in [-0.3, -0.25) is 0 Å². The van der Waals surface area contributed by atoms with E-state index in [9.17, 15) is 4.79 Å². The first kappa shape index (κ1) is 8.72. The molecule has 1 aliphatic heterocycles. The fourth-order valence-electron chi connectivity index (χ4n) is 1.36. The van der Waals surface area contributed by atoms with Gasteiger partial charge in [-0.25, -0.2) is 0 Å². The molecule has 2 nitrogen and oxygen atoms in total. The smallest absolute Gasteiger partial charge is 0.129 e. The molecule has 0 N–H and O–H groups in total. The van der Waals surface area contributed by atoms with Crippen LogP contribution in [0.1, 0.15) is 33.1 Å². The van der Waals surface area contributed by atoms with Crippen molar-refractivity contribution >= 4 is 5.78 Å². The normalized spacial score (nSPS) is 20.9. The summed E-state index contributed by atoms with van der Waals surface area (Å²) >= 11 is 0. The molecule has 0 aromatic rings. The number of carbonyl (C=O) groups is 1. The monoisotopic (exact) mass is 156 g/mol. The van der Waals surface area contributed by atoms with E-state index >= 15 is 0 Å². The second-order valence-electron chi connectivity index (χ2n) is 3.55. The third kappa shape index (κ3) is 2.03. The lowest BCUT2D eigenvalue weighted by atomic mass is 9.78. The molecule has 0 aromatic heterocycles. The van der Waals surface area contributed by atoms with Crippen LogP contribution < -0.4 is 0 Å². The van der Waals surface area contributed by atoms with E-state index < -0.39 is 0 Å². The summed E-state index contributed by atoms with van der Waals surface area (Å²) in [4.78, 5) is 10.7. The quantitative estimate of drug-likeness (QED) is 0.620. The van der Waals surface area contributed by atoms with E-state index in [4.69, 9.17) is 4.74 Å². The summed E-state index contributed by atoms with van der Waals surface area (Å²) in [5.41, 5.74) is 0.353. The van der Waals surface area contributed by atoms with E-state index in [-0.39, 0.29) is 0 Å². The van der Waals surface area contributed by atoms with Gasteiger partial charge in [0.2, 0.25) is 0 Å². The van der Waals surface area contributed by atoms with Crippen molar-refractivity contribution in [2.75, 3.05) is 13.2 Å². The molecule has 11 heavy (non-hydrogen) atoms. The van der Waals surface area contributed by atoms with Crippen LogP contribution in [0.25, 0.3) is 0 Å². The minimum Gasteiger partial charge on any atom is -0.380 e. The Bertz CT molecular complexity index is 142. The Hall–Kier alpha value is -0.370.